The van der Waals surface area contributed by atoms with Gasteiger partial charge in [0.2, 0.25) is 10.0 Å². The number of hydrogen-bond acceptors (Lipinski definition) is 5. The van der Waals surface area contributed by atoms with E-state index < -0.39 is 10.0 Å². The first kappa shape index (κ1) is 14.1. The first-order valence-electron chi connectivity index (χ1n) is 6.06. The molecule has 1 aromatic carbocycles. The number of hydrogen-bond donors (Lipinski definition) is 2. The van der Waals surface area contributed by atoms with Crippen molar-refractivity contribution < 1.29 is 17.9 Å². The molecule has 0 spiro atoms. The maximum atomic E-state index is 12.2. The monoisotopic (exact) mass is 286 g/mol. The third kappa shape index (κ3) is 3.37. The van der Waals surface area contributed by atoms with Gasteiger partial charge in [-0.1, -0.05) is 0 Å². The van der Waals surface area contributed by atoms with Gasteiger partial charge in [0.25, 0.3) is 0 Å². The van der Waals surface area contributed by atoms with Crippen LogP contribution in [-0.4, -0.2) is 34.8 Å². The Morgan fingerprint density at radius 2 is 2.05 bits per heavy atom. The van der Waals surface area contributed by atoms with Crippen LogP contribution < -0.4 is 15.2 Å². The van der Waals surface area contributed by atoms with E-state index in [0.717, 1.165) is 0 Å². The van der Waals surface area contributed by atoms with E-state index in [1.807, 2.05) is 0 Å². The fraction of sp³-hybridized carbons (Fsp3) is 0.500. The summed E-state index contributed by atoms with van der Waals surface area (Å²) in [5, 5.41) is 0. The lowest BCUT2D eigenvalue weighted by molar-refractivity contribution is 0.0832. The van der Waals surface area contributed by atoms with Gasteiger partial charge in [-0.3, -0.25) is 0 Å². The van der Waals surface area contributed by atoms with Crippen LogP contribution in [0.3, 0.4) is 0 Å². The second-order valence-electron chi connectivity index (χ2n) is 4.41. The molecule has 2 rings (SSSR count). The normalized spacial score (nSPS) is 17.3. The van der Waals surface area contributed by atoms with Crippen molar-refractivity contribution in [2.75, 3.05) is 26.1 Å². The van der Waals surface area contributed by atoms with Gasteiger partial charge < -0.3 is 15.2 Å². The fourth-order valence-corrected chi connectivity index (χ4v) is 3.32. The molecule has 1 fully saturated rings. The largest absolute Gasteiger partial charge is 0.495 e. The molecule has 0 atom stereocenters. The van der Waals surface area contributed by atoms with Crippen LogP contribution in [0.15, 0.2) is 23.1 Å². The number of sulfonamides is 1. The Morgan fingerprint density at radius 3 is 2.63 bits per heavy atom. The van der Waals surface area contributed by atoms with Crippen molar-refractivity contribution in [1.82, 2.24) is 4.72 Å². The molecule has 0 bridgehead atoms. The van der Waals surface area contributed by atoms with E-state index in [2.05, 4.69) is 4.72 Å². The van der Waals surface area contributed by atoms with Crippen molar-refractivity contribution in [3.63, 3.8) is 0 Å². The molecule has 1 aromatic rings. The number of nitrogens with one attached hydrogen (secondary N) is 1. The molecular formula is C12H18N2O4S. The average Bonchev–Trinajstić information content (AvgIpc) is 2.39. The van der Waals surface area contributed by atoms with Crippen molar-refractivity contribution in [3.8, 4) is 5.75 Å². The standard InChI is InChI=1S/C12H18N2O4S/c1-17-12-3-2-10(8-11(12)13)19(15,16)14-9-4-6-18-7-5-9/h2-3,8-9,14H,4-7,13H2,1H3. The van der Waals surface area contributed by atoms with Crippen LogP contribution >= 0.6 is 0 Å². The number of methoxy groups -OCH3 is 1. The molecule has 0 unspecified atom stereocenters. The summed E-state index contributed by atoms with van der Waals surface area (Å²) < 4.78 is 37.3. The van der Waals surface area contributed by atoms with Crippen LogP contribution in [-0.2, 0) is 14.8 Å². The average molecular weight is 286 g/mol. The highest BCUT2D eigenvalue weighted by Crippen LogP contribution is 2.24. The van der Waals surface area contributed by atoms with E-state index in [1.54, 1.807) is 6.07 Å². The minimum Gasteiger partial charge on any atom is -0.495 e. The van der Waals surface area contributed by atoms with E-state index >= 15 is 0 Å². The van der Waals surface area contributed by atoms with Gasteiger partial charge in [0.15, 0.2) is 0 Å². The molecule has 0 amide bonds. The molecule has 7 heteroatoms. The first-order valence-corrected chi connectivity index (χ1v) is 7.55. The lowest BCUT2D eigenvalue weighted by Gasteiger charge is -2.23. The quantitative estimate of drug-likeness (QED) is 0.796. The second kappa shape index (κ2) is 5.77. The summed E-state index contributed by atoms with van der Waals surface area (Å²) in [5.41, 5.74) is 6.03. The lowest BCUT2D eigenvalue weighted by Crippen LogP contribution is -2.38. The number of benzene rings is 1. The number of rotatable bonds is 4. The Morgan fingerprint density at radius 1 is 1.37 bits per heavy atom. The van der Waals surface area contributed by atoms with Crippen molar-refractivity contribution in [2.24, 2.45) is 0 Å². The third-order valence-electron chi connectivity index (χ3n) is 3.05. The van der Waals surface area contributed by atoms with Crippen LogP contribution in [0.2, 0.25) is 0 Å². The van der Waals surface area contributed by atoms with Gasteiger partial charge in [0, 0.05) is 19.3 Å². The van der Waals surface area contributed by atoms with Gasteiger partial charge in [-0.2, -0.15) is 0 Å². The van der Waals surface area contributed by atoms with Gasteiger partial charge in [0.1, 0.15) is 5.75 Å². The van der Waals surface area contributed by atoms with E-state index in [1.165, 1.54) is 19.2 Å². The van der Waals surface area contributed by atoms with Crippen LogP contribution in [0.25, 0.3) is 0 Å². The highest BCUT2D eigenvalue weighted by molar-refractivity contribution is 7.89. The molecule has 1 saturated heterocycles. The first-order chi connectivity index (χ1) is 9.03. The van der Waals surface area contributed by atoms with Crippen molar-refractivity contribution in [1.29, 1.82) is 0 Å². The Kier molecular flexibility index (Phi) is 4.28. The minimum absolute atomic E-state index is 0.0814. The lowest BCUT2D eigenvalue weighted by atomic mass is 10.1. The molecule has 0 saturated carbocycles. The summed E-state index contributed by atoms with van der Waals surface area (Å²) in [4.78, 5) is 0.150. The maximum Gasteiger partial charge on any atom is 0.240 e. The van der Waals surface area contributed by atoms with Crippen molar-refractivity contribution in [3.05, 3.63) is 18.2 Å². The maximum absolute atomic E-state index is 12.2. The van der Waals surface area contributed by atoms with Gasteiger partial charge in [-0.25, -0.2) is 13.1 Å². The van der Waals surface area contributed by atoms with Crippen molar-refractivity contribution in [2.45, 2.75) is 23.8 Å². The van der Waals surface area contributed by atoms with Gasteiger partial charge in [-0.15, -0.1) is 0 Å². The molecule has 0 radical (unpaired) electrons. The second-order valence-corrected chi connectivity index (χ2v) is 6.13. The predicted molar refractivity (Wildman–Crippen MR) is 71.6 cm³/mol. The number of ether oxygens (including phenoxy) is 2. The Labute approximate surface area is 112 Å². The van der Waals surface area contributed by atoms with Crippen LogP contribution in [0.4, 0.5) is 5.69 Å². The zero-order valence-corrected chi connectivity index (χ0v) is 11.6. The molecule has 19 heavy (non-hydrogen) atoms. The highest BCUT2D eigenvalue weighted by atomic mass is 32.2. The SMILES string of the molecule is COc1ccc(S(=O)(=O)NC2CCOCC2)cc1N. The Balaban J connectivity index is 2.16. The topological polar surface area (TPSA) is 90.7 Å². The van der Waals surface area contributed by atoms with Crippen LogP contribution in [0.1, 0.15) is 12.8 Å². The zero-order chi connectivity index (χ0) is 13.9. The van der Waals surface area contributed by atoms with Crippen molar-refractivity contribution >= 4 is 15.7 Å². The van der Waals surface area contributed by atoms with E-state index in [-0.39, 0.29) is 10.9 Å². The summed E-state index contributed by atoms with van der Waals surface area (Å²) in [6.45, 7) is 1.16. The molecule has 106 valence electrons. The fourth-order valence-electron chi connectivity index (χ4n) is 1.98. The Bertz CT molecular complexity index is 539. The summed E-state index contributed by atoms with van der Waals surface area (Å²) in [6, 6.07) is 4.35. The predicted octanol–water partition coefficient (Wildman–Crippen LogP) is 0.735. The smallest absolute Gasteiger partial charge is 0.240 e. The van der Waals surface area contributed by atoms with Gasteiger partial charge in [0.05, 0.1) is 17.7 Å². The minimum atomic E-state index is -3.55. The third-order valence-corrected chi connectivity index (χ3v) is 4.57. The van der Waals surface area contributed by atoms with Gasteiger partial charge in [-0.05, 0) is 31.0 Å². The molecule has 1 aliphatic rings. The molecule has 1 heterocycles. The Hall–Kier alpha value is -1.31. The summed E-state index contributed by atoms with van der Waals surface area (Å²) >= 11 is 0. The summed E-state index contributed by atoms with van der Waals surface area (Å²) in [5.74, 6) is 0.463. The summed E-state index contributed by atoms with van der Waals surface area (Å²) in [7, 11) is -2.06. The summed E-state index contributed by atoms with van der Waals surface area (Å²) in [6.07, 6.45) is 1.37. The van der Waals surface area contributed by atoms with E-state index in [9.17, 15) is 8.42 Å². The van der Waals surface area contributed by atoms with Crippen LogP contribution in [0.5, 0.6) is 5.75 Å². The number of anilines is 1. The molecule has 6 nitrogen and oxygen atoms in total. The molecule has 0 aliphatic carbocycles. The highest BCUT2D eigenvalue weighted by Gasteiger charge is 2.22. The molecule has 0 aromatic heterocycles. The molecular weight excluding hydrogens is 268 g/mol. The van der Waals surface area contributed by atoms with Crippen LogP contribution in [0, 0.1) is 0 Å². The molecule has 1 aliphatic heterocycles. The van der Waals surface area contributed by atoms with Gasteiger partial charge >= 0.3 is 0 Å². The number of nitrogen functional groups attached to an aromatic ring is 1. The van der Waals surface area contributed by atoms with E-state index in [0.29, 0.717) is 37.5 Å². The van der Waals surface area contributed by atoms with E-state index in [4.69, 9.17) is 15.2 Å². The zero-order valence-electron chi connectivity index (χ0n) is 10.8. The molecule has 3 N–H and O–H groups in total. The number of nitrogens with two attached hydrogens (primary N) is 1.